The predicted octanol–water partition coefficient (Wildman–Crippen LogP) is 4.79. The molecule has 3 amide bonds. The molecular weight excluding hydrogens is 338 g/mol. The Balaban J connectivity index is 1.61. The van der Waals surface area contributed by atoms with E-state index in [1.165, 1.54) is 5.56 Å². The molecule has 1 aliphatic carbocycles. The second-order valence-electron chi connectivity index (χ2n) is 7.21. The highest BCUT2D eigenvalue weighted by Gasteiger charge is 2.29. The van der Waals surface area contributed by atoms with Gasteiger partial charge >= 0.3 is 6.03 Å². The van der Waals surface area contributed by atoms with Crippen molar-refractivity contribution in [2.24, 2.45) is 5.92 Å². The summed E-state index contributed by atoms with van der Waals surface area (Å²) in [5.41, 5.74) is 4.67. The van der Waals surface area contributed by atoms with Gasteiger partial charge in [0.15, 0.2) is 0 Å². The van der Waals surface area contributed by atoms with Crippen LogP contribution in [0.25, 0.3) is 0 Å². The lowest BCUT2D eigenvalue weighted by atomic mass is 10.1. The smallest absolute Gasteiger partial charge is 0.319 e. The minimum absolute atomic E-state index is 0.0541. The van der Waals surface area contributed by atoms with Gasteiger partial charge in [-0.15, -0.1) is 0 Å². The first-order valence-electron chi connectivity index (χ1n) is 9.54. The normalized spacial score (nSPS) is 14.3. The molecule has 0 aromatic heterocycles. The Hall–Kier alpha value is -2.82. The Labute approximate surface area is 160 Å². The third-order valence-corrected chi connectivity index (χ3v) is 4.94. The average Bonchev–Trinajstić information content (AvgIpc) is 3.49. The molecule has 1 unspecified atom stereocenters. The van der Waals surface area contributed by atoms with Gasteiger partial charge in [-0.1, -0.05) is 37.3 Å². The lowest BCUT2D eigenvalue weighted by Crippen LogP contribution is -2.31. The summed E-state index contributed by atoms with van der Waals surface area (Å²) in [6.07, 6.45) is 2.92. The fourth-order valence-electron chi connectivity index (χ4n) is 2.90. The minimum atomic E-state index is -0.268. The highest BCUT2D eigenvalue weighted by molar-refractivity contribution is 5.96. The molecule has 3 rings (SSSR count). The number of carbonyl (C=O) groups excluding carboxylic acids is 2. The van der Waals surface area contributed by atoms with E-state index in [-0.39, 0.29) is 23.9 Å². The highest BCUT2D eigenvalue weighted by atomic mass is 16.2. The van der Waals surface area contributed by atoms with Crippen LogP contribution < -0.4 is 16.0 Å². The van der Waals surface area contributed by atoms with E-state index in [4.69, 9.17) is 0 Å². The van der Waals surface area contributed by atoms with Gasteiger partial charge < -0.3 is 16.0 Å². The fourth-order valence-corrected chi connectivity index (χ4v) is 2.90. The largest absolute Gasteiger partial charge is 0.331 e. The molecule has 0 spiro atoms. The van der Waals surface area contributed by atoms with Gasteiger partial charge in [-0.25, -0.2) is 4.79 Å². The topological polar surface area (TPSA) is 70.2 Å². The Morgan fingerprint density at radius 2 is 1.78 bits per heavy atom. The zero-order valence-corrected chi connectivity index (χ0v) is 16.1. The molecule has 2 aromatic carbocycles. The highest BCUT2D eigenvalue weighted by Crippen LogP contribution is 2.30. The van der Waals surface area contributed by atoms with Gasteiger partial charge in [0.25, 0.3) is 0 Å². The monoisotopic (exact) mass is 365 g/mol. The van der Waals surface area contributed by atoms with Crippen LogP contribution in [0.5, 0.6) is 0 Å². The number of urea groups is 1. The van der Waals surface area contributed by atoms with Gasteiger partial charge in [0.1, 0.15) is 0 Å². The lowest BCUT2D eigenvalue weighted by molar-refractivity contribution is -0.117. The molecular formula is C22H27N3O2. The third-order valence-electron chi connectivity index (χ3n) is 4.94. The summed E-state index contributed by atoms with van der Waals surface area (Å²) in [7, 11) is 0. The van der Waals surface area contributed by atoms with Crippen molar-refractivity contribution < 1.29 is 9.59 Å². The predicted molar refractivity (Wildman–Crippen MR) is 109 cm³/mol. The molecule has 1 atom stereocenters. The van der Waals surface area contributed by atoms with Crippen LogP contribution in [0.4, 0.5) is 16.2 Å². The van der Waals surface area contributed by atoms with Gasteiger partial charge in [0, 0.05) is 17.3 Å². The van der Waals surface area contributed by atoms with Crippen molar-refractivity contribution in [3.05, 3.63) is 59.2 Å². The van der Waals surface area contributed by atoms with Crippen molar-refractivity contribution in [3.8, 4) is 0 Å². The van der Waals surface area contributed by atoms with Gasteiger partial charge in [0.2, 0.25) is 5.91 Å². The molecule has 27 heavy (non-hydrogen) atoms. The van der Waals surface area contributed by atoms with Crippen LogP contribution in [0.3, 0.4) is 0 Å². The first kappa shape index (κ1) is 19.0. The Morgan fingerprint density at radius 1 is 1.07 bits per heavy atom. The standard InChI is InChI=1S/C22H27N3O2/c1-4-16-6-8-17(9-7-16)15(3)23-22(27)25-20-13-19(12-5-14(20)2)24-21(26)18-10-11-18/h5-9,12-13,15,18H,4,10-11H2,1-3H3,(H,24,26)(H2,23,25,27). The number of nitrogens with one attached hydrogen (secondary N) is 3. The molecule has 5 heteroatoms. The Bertz CT molecular complexity index is 826. The zero-order valence-electron chi connectivity index (χ0n) is 16.1. The molecule has 0 radical (unpaired) electrons. The summed E-state index contributed by atoms with van der Waals surface area (Å²) in [4.78, 5) is 24.3. The minimum Gasteiger partial charge on any atom is -0.331 e. The maximum absolute atomic E-state index is 12.4. The molecule has 3 N–H and O–H groups in total. The van der Waals surface area contributed by atoms with E-state index in [9.17, 15) is 9.59 Å². The first-order valence-corrected chi connectivity index (χ1v) is 9.54. The van der Waals surface area contributed by atoms with Gasteiger partial charge in [-0.2, -0.15) is 0 Å². The zero-order chi connectivity index (χ0) is 19.4. The quantitative estimate of drug-likeness (QED) is 0.689. The number of hydrogen-bond donors (Lipinski definition) is 3. The van der Waals surface area contributed by atoms with Gasteiger partial charge in [-0.3, -0.25) is 4.79 Å². The number of rotatable bonds is 6. The second-order valence-corrected chi connectivity index (χ2v) is 7.21. The number of benzene rings is 2. The fraction of sp³-hybridized carbons (Fsp3) is 0.364. The van der Waals surface area contributed by atoms with Crippen LogP contribution in [0.15, 0.2) is 42.5 Å². The molecule has 0 aliphatic heterocycles. The van der Waals surface area contributed by atoms with Crippen molar-refractivity contribution in [1.82, 2.24) is 5.32 Å². The average molecular weight is 365 g/mol. The molecule has 1 fully saturated rings. The molecule has 5 nitrogen and oxygen atoms in total. The van der Waals surface area contributed by atoms with E-state index in [0.29, 0.717) is 11.4 Å². The van der Waals surface area contributed by atoms with E-state index in [1.807, 2.05) is 38.1 Å². The van der Waals surface area contributed by atoms with Crippen LogP contribution >= 0.6 is 0 Å². The molecule has 1 aliphatic rings. The van der Waals surface area contributed by atoms with E-state index >= 15 is 0 Å². The van der Waals surface area contributed by atoms with Crippen molar-refractivity contribution >= 4 is 23.3 Å². The Morgan fingerprint density at radius 3 is 2.41 bits per heavy atom. The molecule has 142 valence electrons. The number of amides is 3. The van der Waals surface area contributed by atoms with Crippen LogP contribution in [-0.4, -0.2) is 11.9 Å². The van der Waals surface area contributed by atoms with Gasteiger partial charge in [0.05, 0.1) is 6.04 Å². The van der Waals surface area contributed by atoms with E-state index in [1.54, 1.807) is 6.07 Å². The summed E-state index contributed by atoms with van der Waals surface area (Å²) in [5, 5.41) is 8.76. The summed E-state index contributed by atoms with van der Waals surface area (Å²) in [6, 6.07) is 13.4. The second kappa shape index (κ2) is 8.25. The first-order chi connectivity index (χ1) is 13.0. The molecule has 0 saturated heterocycles. The molecule has 2 aromatic rings. The summed E-state index contributed by atoms with van der Waals surface area (Å²) >= 11 is 0. The number of hydrogen-bond acceptors (Lipinski definition) is 2. The van der Waals surface area contributed by atoms with Crippen molar-refractivity contribution in [3.63, 3.8) is 0 Å². The SMILES string of the molecule is CCc1ccc(C(C)NC(=O)Nc2cc(NC(=O)C3CC3)ccc2C)cc1. The van der Waals surface area contributed by atoms with Crippen LogP contribution in [-0.2, 0) is 11.2 Å². The Kier molecular flexibility index (Phi) is 5.79. The lowest BCUT2D eigenvalue weighted by Gasteiger charge is -2.17. The van der Waals surface area contributed by atoms with E-state index in [2.05, 4.69) is 35.0 Å². The number of anilines is 2. The molecule has 1 saturated carbocycles. The molecule has 0 heterocycles. The van der Waals surface area contributed by atoms with Crippen molar-refractivity contribution in [1.29, 1.82) is 0 Å². The summed E-state index contributed by atoms with van der Waals surface area (Å²) in [5.74, 6) is 0.198. The van der Waals surface area contributed by atoms with Crippen LogP contribution in [0.2, 0.25) is 0 Å². The number of aryl methyl sites for hydroxylation is 2. The maximum atomic E-state index is 12.4. The van der Waals surface area contributed by atoms with Crippen molar-refractivity contribution in [2.45, 2.75) is 46.1 Å². The van der Waals surface area contributed by atoms with E-state index in [0.717, 1.165) is 30.4 Å². The number of carbonyl (C=O) groups is 2. The maximum Gasteiger partial charge on any atom is 0.319 e. The van der Waals surface area contributed by atoms with Crippen LogP contribution in [0, 0.1) is 12.8 Å². The van der Waals surface area contributed by atoms with Crippen LogP contribution in [0.1, 0.15) is 49.4 Å². The summed E-state index contributed by atoms with van der Waals surface area (Å²) < 4.78 is 0. The summed E-state index contributed by atoms with van der Waals surface area (Å²) in [6.45, 7) is 6.00. The van der Waals surface area contributed by atoms with Gasteiger partial charge in [-0.05, 0) is 61.9 Å². The molecule has 0 bridgehead atoms. The van der Waals surface area contributed by atoms with E-state index < -0.39 is 0 Å². The van der Waals surface area contributed by atoms with Crippen molar-refractivity contribution in [2.75, 3.05) is 10.6 Å². The third kappa shape index (κ3) is 5.09.